The van der Waals surface area contributed by atoms with Crippen LogP contribution in [0, 0.1) is 0 Å². The van der Waals surface area contributed by atoms with E-state index in [2.05, 4.69) is 147 Å². The van der Waals surface area contributed by atoms with E-state index in [1.54, 1.807) is 0 Å². The van der Waals surface area contributed by atoms with Crippen molar-refractivity contribution in [1.82, 2.24) is 0 Å². The lowest BCUT2D eigenvalue weighted by atomic mass is 9.81. The highest BCUT2D eigenvalue weighted by Gasteiger charge is 2.37. The van der Waals surface area contributed by atoms with Gasteiger partial charge in [-0.15, -0.1) is 0 Å². The molecule has 232 valence electrons. The maximum absolute atomic E-state index is 5.12. The highest BCUT2D eigenvalue weighted by atomic mass is 32.2. The number of nitrogens with zero attached hydrogens (tertiary/aromatic N) is 2. The Morgan fingerprint density at radius 3 is 1.96 bits per heavy atom. The molecule has 0 radical (unpaired) electrons. The van der Waals surface area contributed by atoms with Gasteiger partial charge in [-0.2, -0.15) is 0 Å². The van der Waals surface area contributed by atoms with Crippen LogP contribution in [0.15, 0.2) is 175 Å². The summed E-state index contributed by atoms with van der Waals surface area (Å²) in [4.78, 5) is 14.9. The van der Waals surface area contributed by atoms with Crippen LogP contribution in [0.25, 0.3) is 28.0 Å². The van der Waals surface area contributed by atoms with Crippen LogP contribution < -0.4 is 0 Å². The van der Waals surface area contributed by atoms with E-state index in [1.165, 1.54) is 47.4 Å². The quantitative estimate of drug-likeness (QED) is 0.160. The smallest absolute Gasteiger partial charge is 0.0716 e. The summed E-state index contributed by atoms with van der Waals surface area (Å²) in [5.74, 6) is 0. The van der Waals surface area contributed by atoms with E-state index in [4.69, 9.17) is 4.99 Å². The third-order valence-electron chi connectivity index (χ3n) is 9.31. The van der Waals surface area contributed by atoms with Gasteiger partial charge in [-0.25, -0.2) is 0 Å². The molecule has 0 unspecified atom stereocenters. The van der Waals surface area contributed by atoms with Crippen molar-refractivity contribution < 1.29 is 0 Å². The number of aliphatic imine (C=N–C) groups is 2. The lowest BCUT2D eigenvalue weighted by molar-refractivity contribution is 0.658. The van der Waals surface area contributed by atoms with E-state index in [0.717, 1.165) is 33.7 Å². The fourth-order valence-corrected chi connectivity index (χ4v) is 9.01. The molecule has 0 atom stereocenters. The Labute approximate surface area is 291 Å². The Kier molecular flexibility index (Phi) is 7.99. The molecule has 0 saturated carbocycles. The zero-order chi connectivity index (χ0) is 32.7. The van der Waals surface area contributed by atoms with Gasteiger partial charge in [0.25, 0.3) is 0 Å². The van der Waals surface area contributed by atoms with Gasteiger partial charge in [0.15, 0.2) is 0 Å². The second kappa shape index (κ2) is 12.6. The molecule has 0 spiro atoms. The molecule has 8 rings (SSSR count). The van der Waals surface area contributed by atoms with Crippen LogP contribution in [0.3, 0.4) is 0 Å². The number of rotatable bonds is 7. The lowest BCUT2D eigenvalue weighted by Gasteiger charge is -2.24. The van der Waals surface area contributed by atoms with Gasteiger partial charge >= 0.3 is 0 Å². The monoisotopic (exact) mass is 654 g/mol. The first kappa shape index (κ1) is 30.4. The molecule has 1 aliphatic heterocycles. The molecule has 48 heavy (non-hydrogen) atoms. The van der Waals surface area contributed by atoms with Crippen molar-refractivity contribution in [1.29, 1.82) is 0 Å². The Balaban J connectivity index is 1.17. The van der Waals surface area contributed by atoms with E-state index >= 15 is 0 Å². The molecule has 0 saturated heterocycles. The van der Waals surface area contributed by atoms with Crippen molar-refractivity contribution in [3.05, 3.63) is 173 Å². The molecule has 0 bridgehead atoms. The maximum atomic E-state index is 5.12. The average Bonchev–Trinajstić information content (AvgIpc) is 3.35. The second-order valence-corrected chi connectivity index (χ2v) is 14.9. The van der Waals surface area contributed by atoms with Crippen LogP contribution in [0.2, 0.25) is 0 Å². The van der Waals surface area contributed by atoms with Gasteiger partial charge in [0.05, 0.1) is 18.0 Å². The van der Waals surface area contributed by atoms with Crippen LogP contribution in [-0.4, -0.2) is 12.4 Å². The first-order valence-corrected chi connectivity index (χ1v) is 17.8. The lowest BCUT2D eigenvalue weighted by Crippen LogP contribution is -2.15. The molecular weight excluding hydrogens is 621 g/mol. The molecule has 0 aromatic heterocycles. The molecule has 2 nitrogen and oxygen atoms in total. The Bertz CT molecular complexity index is 2250. The zero-order valence-electron chi connectivity index (χ0n) is 27.0. The van der Waals surface area contributed by atoms with E-state index in [1.807, 2.05) is 47.8 Å². The summed E-state index contributed by atoms with van der Waals surface area (Å²) in [5, 5.41) is 0. The molecule has 1 aliphatic carbocycles. The van der Waals surface area contributed by atoms with Crippen LogP contribution in [-0.2, 0) is 12.0 Å². The zero-order valence-corrected chi connectivity index (χ0v) is 28.6. The standard InChI is InChI=1S/C44H34N2S2/c1-44(2)36-24-32(21-22-34(36)35-25-42-43(26-37(35)44)48-41-20-11-10-19-40(41)47-42)31-17-12-18-33(23-31)39(46-28-29-13-6-4-7-14-29)27-38(45-3)30-15-8-5-9-16-30/h4-27H,3,28H2,1-2H3/b38-27-,46-39?. The number of allylic oxidation sites excluding steroid dienone is 1. The molecule has 0 fully saturated rings. The fraction of sp³-hybridized carbons (Fsp3) is 0.0909. The fourth-order valence-electron chi connectivity index (χ4n) is 6.73. The Morgan fingerprint density at radius 2 is 1.23 bits per heavy atom. The SMILES string of the molecule is C=N/C(=C\C(=NCc1ccccc1)c1cccc(-c2ccc3c(c2)C(C)(C)c2cc4c(cc2-3)Sc2ccccc2S4)c1)c1ccccc1. The summed E-state index contributed by atoms with van der Waals surface area (Å²) < 4.78 is 0. The van der Waals surface area contributed by atoms with Crippen LogP contribution in [0.4, 0.5) is 0 Å². The molecule has 0 N–H and O–H groups in total. The minimum atomic E-state index is -0.110. The largest absolute Gasteiger partial charge is 0.280 e. The van der Waals surface area contributed by atoms with Gasteiger partial charge in [0.2, 0.25) is 0 Å². The summed E-state index contributed by atoms with van der Waals surface area (Å²) in [6.45, 7) is 9.20. The highest BCUT2D eigenvalue weighted by Crippen LogP contribution is 2.56. The van der Waals surface area contributed by atoms with Crippen molar-refractivity contribution in [2.24, 2.45) is 9.98 Å². The van der Waals surface area contributed by atoms with Crippen molar-refractivity contribution in [2.45, 2.75) is 45.4 Å². The Morgan fingerprint density at radius 1 is 0.604 bits per heavy atom. The molecule has 2 aliphatic rings. The molecule has 6 aromatic rings. The number of hydrogen-bond donors (Lipinski definition) is 0. The minimum absolute atomic E-state index is 0.110. The van der Waals surface area contributed by atoms with E-state index in [9.17, 15) is 0 Å². The van der Waals surface area contributed by atoms with Crippen LogP contribution in [0.1, 0.15) is 41.7 Å². The summed E-state index contributed by atoms with van der Waals surface area (Å²) in [6, 6.07) is 49.9. The van der Waals surface area contributed by atoms with Crippen molar-refractivity contribution >= 4 is 41.7 Å². The first-order chi connectivity index (χ1) is 23.5. The van der Waals surface area contributed by atoms with E-state index in [0.29, 0.717) is 6.54 Å². The number of hydrogen-bond acceptors (Lipinski definition) is 4. The Hall–Kier alpha value is -4.90. The van der Waals surface area contributed by atoms with E-state index < -0.39 is 0 Å². The summed E-state index contributed by atoms with van der Waals surface area (Å²) in [7, 11) is 0. The van der Waals surface area contributed by atoms with Gasteiger partial charge < -0.3 is 0 Å². The first-order valence-electron chi connectivity index (χ1n) is 16.2. The van der Waals surface area contributed by atoms with Gasteiger partial charge in [-0.3, -0.25) is 9.98 Å². The van der Waals surface area contributed by atoms with Gasteiger partial charge in [-0.1, -0.05) is 140 Å². The van der Waals surface area contributed by atoms with Gasteiger partial charge in [0.1, 0.15) is 0 Å². The van der Waals surface area contributed by atoms with Crippen LogP contribution in [0.5, 0.6) is 0 Å². The van der Waals surface area contributed by atoms with Crippen LogP contribution >= 0.6 is 23.5 Å². The number of benzene rings is 6. The molecule has 1 heterocycles. The predicted molar refractivity (Wildman–Crippen MR) is 205 cm³/mol. The molecule has 6 aromatic carbocycles. The van der Waals surface area contributed by atoms with Crippen molar-refractivity contribution in [2.75, 3.05) is 0 Å². The highest BCUT2D eigenvalue weighted by molar-refractivity contribution is 8.05. The summed E-state index contributed by atoms with van der Waals surface area (Å²) in [5.41, 5.74) is 12.6. The summed E-state index contributed by atoms with van der Waals surface area (Å²) in [6.07, 6.45) is 2.06. The van der Waals surface area contributed by atoms with Crippen molar-refractivity contribution in [3.8, 4) is 22.3 Å². The molecule has 4 heteroatoms. The molecular formula is C44H34N2S2. The van der Waals surface area contributed by atoms with Gasteiger partial charge in [-0.05, 0) is 88.1 Å². The number of fused-ring (bicyclic) bond motifs is 5. The minimum Gasteiger partial charge on any atom is -0.280 e. The normalized spacial score (nSPS) is 14.5. The topological polar surface area (TPSA) is 24.7 Å². The van der Waals surface area contributed by atoms with Crippen molar-refractivity contribution in [3.63, 3.8) is 0 Å². The third kappa shape index (κ3) is 5.66. The van der Waals surface area contributed by atoms with E-state index in [-0.39, 0.29) is 5.41 Å². The molecule has 0 amide bonds. The summed E-state index contributed by atoms with van der Waals surface area (Å²) >= 11 is 3.78. The predicted octanol–water partition coefficient (Wildman–Crippen LogP) is 12.0. The third-order valence-corrected chi connectivity index (χ3v) is 11.8. The average molecular weight is 655 g/mol. The van der Waals surface area contributed by atoms with Gasteiger partial charge in [0, 0.05) is 36.1 Å². The maximum Gasteiger partial charge on any atom is 0.0716 e. The second-order valence-electron chi connectivity index (χ2n) is 12.7.